The minimum Gasteiger partial charge on any atom is -0.120 e. The summed E-state index contributed by atoms with van der Waals surface area (Å²) < 4.78 is 0. The Morgan fingerprint density at radius 2 is 1.75 bits per heavy atom. The average Bonchev–Trinajstić information content (AvgIpc) is 2.17. The molecule has 2 atom stereocenters. The molecular formula is C12H14. The smallest absolute Gasteiger partial charge is 0.0237 e. The fourth-order valence-corrected chi connectivity index (χ4v) is 1.19. The van der Waals surface area contributed by atoms with Crippen LogP contribution in [0.1, 0.15) is 25.3 Å². The first-order valence-corrected chi connectivity index (χ1v) is 4.26. The summed E-state index contributed by atoms with van der Waals surface area (Å²) in [6.45, 7) is 4.25. The van der Waals surface area contributed by atoms with E-state index in [0.717, 1.165) is 0 Å². The minimum absolute atomic E-state index is 0.312. The Morgan fingerprint density at radius 3 is 2.25 bits per heavy atom. The molecule has 0 fully saturated rings. The van der Waals surface area contributed by atoms with Crippen molar-refractivity contribution >= 4 is 0 Å². The van der Waals surface area contributed by atoms with Crippen LogP contribution in [0.15, 0.2) is 30.3 Å². The Kier molecular flexibility index (Phi) is 2.94. The van der Waals surface area contributed by atoms with Gasteiger partial charge >= 0.3 is 0 Å². The monoisotopic (exact) mass is 158 g/mol. The standard InChI is InChI=1S/C12H14/c1-4-10(2)11(3)12-8-6-5-7-9-12/h1,5-11H,2-3H3. The Balaban J connectivity index is 2.80. The lowest BCUT2D eigenvalue weighted by atomic mass is 9.90. The van der Waals surface area contributed by atoms with Crippen molar-refractivity contribution in [1.82, 2.24) is 0 Å². The molecule has 1 aromatic rings. The van der Waals surface area contributed by atoms with Gasteiger partial charge in [0, 0.05) is 5.92 Å². The second-order valence-corrected chi connectivity index (χ2v) is 3.15. The molecule has 12 heavy (non-hydrogen) atoms. The van der Waals surface area contributed by atoms with Gasteiger partial charge in [0.15, 0.2) is 0 Å². The molecule has 0 heteroatoms. The van der Waals surface area contributed by atoms with Crippen molar-refractivity contribution in [1.29, 1.82) is 0 Å². The summed E-state index contributed by atoms with van der Waals surface area (Å²) in [5.41, 5.74) is 1.32. The summed E-state index contributed by atoms with van der Waals surface area (Å²) in [5, 5.41) is 0. The van der Waals surface area contributed by atoms with Gasteiger partial charge < -0.3 is 0 Å². The molecule has 0 heterocycles. The molecule has 1 aromatic carbocycles. The van der Waals surface area contributed by atoms with E-state index in [2.05, 4.69) is 44.0 Å². The highest BCUT2D eigenvalue weighted by atomic mass is 14.1. The molecule has 0 N–H and O–H groups in total. The fraction of sp³-hybridized carbons (Fsp3) is 0.333. The van der Waals surface area contributed by atoms with Gasteiger partial charge in [-0.1, -0.05) is 44.2 Å². The Bertz CT molecular complexity index is 266. The van der Waals surface area contributed by atoms with E-state index >= 15 is 0 Å². The van der Waals surface area contributed by atoms with Crippen molar-refractivity contribution in [2.24, 2.45) is 5.92 Å². The lowest BCUT2D eigenvalue weighted by Crippen LogP contribution is -2.02. The first-order valence-electron chi connectivity index (χ1n) is 4.26. The van der Waals surface area contributed by atoms with Gasteiger partial charge in [-0.3, -0.25) is 0 Å². The number of rotatable bonds is 2. The van der Waals surface area contributed by atoms with E-state index < -0.39 is 0 Å². The zero-order valence-corrected chi connectivity index (χ0v) is 7.62. The van der Waals surface area contributed by atoms with Crippen molar-refractivity contribution in [2.75, 3.05) is 0 Å². The highest BCUT2D eigenvalue weighted by molar-refractivity contribution is 5.21. The maximum Gasteiger partial charge on any atom is 0.0237 e. The lowest BCUT2D eigenvalue weighted by molar-refractivity contribution is 0.610. The van der Waals surface area contributed by atoms with Crippen LogP contribution in [-0.4, -0.2) is 0 Å². The fourth-order valence-electron chi connectivity index (χ4n) is 1.19. The van der Waals surface area contributed by atoms with Crippen LogP contribution in [0.2, 0.25) is 0 Å². The molecule has 0 aliphatic rings. The molecule has 0 saturated carbocycles. The van der Waals surface area contributed by atoms with Gasteiger partial charge in [-0.05, 0) is 11.5 Å². The molecular weight excluding hydrogens is 144 g/mol. The highest BCUT2D eigenvalue weighted by Gasteiger charge is 2.10. The van der Waals surface area contributed by atoms with E-state index in [9.17, 15) is 0 Å². The second kappa shape index (κ2) is 3.97. The van der Waals surface area contributed by atoms with Crippen LogP contribution in [-0.2, 0) is 0 Å². The summed E-state index contributed by atoms with van der Waals surface area (Å²) in [7, 11) is 0. The third kappa shape index (κ3) is 1.89. The third-order valence-electron chi connectivity index (χ3n) is 2.34. The van der Waals surface area contributed by atoms with Crippen molar-refractivity contribution < 1.29 is 0 Å². The molecule has 62 valence electrons. The van der Waals surface area contributed by atoms with Gasteiger partial charge in [-0.25, -0.2) is 0 Å². The lowest BCUT2D eigenvalue weighted by Gasteiger charge is -2.14. The predicted molar refractivity (Wildman–Crippen MR) is 52.9 cm³/mol. The van der Waals surface area contributed by atoms with Crippen molar-refractivity contribution in [2.45, 2.75) is 19.8 Å². The van der Waals surface area contributed by atoms with Gasteiger partial charge in [0.25, 0.3) is 0 Å². The third-order valence-corrected chi connectivity index (χ3v) is 2.34. The molecule has 0 nitrogen and oxygen atoms in total. The van der Waals surface area contributed by atoms with Crippen molar-refractivity contribution in [3.05, 3.63) is 35.9 Å². The summed E-state index contributed by atoms with van der Waals surface area (Å²) in [4.78, 5) is 0. The minimum atomic E-state index is 0.312. The van der Waals surface area contributed by atoms with Gasteiger partial charge in [0.2, 0.25) is 0 Å². The normalized spacial score (nSPS) is 14.8. The van der Waals surface area contributed by atoms with Crippen LogP contribution in [0.4, 0.5) is 0 Å². The summed E-state index contributed by atoms with van der Waals surface area (Å²) in [5.74, 6) is 3.53. The van der Waals surface area contributed by atoms with Crippen LogP contribution in [0.3, 0.4) is 0 Å². The second-order valence-electron chi connectivity index (χ2n) is 3.15. The molecule has 0 saturated heterocycles. The quantitative estimate of drug-likeness (QED) is 0.580. The van der Waals surface area contributed by atoms with Crippen molar-refractivity contribution in [3.63, 3.8) is 0 Å². The van der Waals surface area contributed by atoms with Gasteiger partial charge in [0.05, 0.1) is 0 Å². The van der Waals surface area contributed by atoms with E-state index in [1.54, 1.807) is 0 Å². The van der Waals surface area contributed by atoms with Crippen LogP contribution >= 0.6 is 0 Å². The van der Waals surface area contributed by atoms with Crippen LogP contribution < -0.4 is 0 Å². The van der Waals surface area contributed by atoms with Crippen LogP contribution in [0.5, 0.6) is 0 Å². The van der Waals surface area contributed by atoms with E-state index in [4.69, 9.17) is 6.42 Å². The molecule has 0 aliphatic heterocycles. The Hall–Kier alpha value is -1.22. The van der Waals surface area contributed by atoms with Gasteiger partial charge in [0.1, 0.15) is 0 Å². The maximum absolute atomic E-state index is 5.36. The zero-order chi connectivity index (χ0) is 8.97. The number of benzene rings is 1. The van der Waals surface area contributed by atoms with Crippen LogP contribution in [0, 0.1) is 18.3 Å². The predicted octanol–water partition coefficient (Wildman–Crippen LogP) is 3.06. The largest absolute Gasteiger partial charge is 0.120 e. The number of hydrogen-bond donors (Lipinski definition) is 0. The SMILES string of the molecule is C#CC(C)C(C)c1ccccc1. The van der Waals surface area contributed by atoms with E-state index in [-0.39, 0.29) is 0 Å². The maximum atomic E-state index is 5.36. The van der Waals surface area contributed by atoms with E-state index in [0.29, 0.717) is 11.8 Å². The van der Waals surface area contributed by atoms with E-state index in [1.807, 2.05) is 6.07 Å². The molecule has 2 unspecified atom stereocenters. The van der Waals surface area contributed by atoms with Crippen molar-refractivity contribution in [3.8, 4) is 12.3 Å². The molecule has 0 aliphatic carbocycles. The summed E-state index contributed by atoms with van der Waals surface area (Å²) >= 11 is 0. The molecule has 0 bridgehead atoms. The summed E-state index contributed by atoms with van der Waals surface area (Å²) in [6, 6.07) is 10.4. The molecule has 0 amide bonds. The zero-order valence-electron chi connectivity index (χ0n) is 7.62. The Morgan fingerprint density at radius 1 is 1.17 bits per heavy atom. The molecule has 0 aromatic heterocycles. The highest BCUT2D eigenvalue weighted by Crippen LogP contribution is 2.22. The topological polar surface area (TPSA) is 0 Å². The first kappa shape index (κ1) is 8.87. The number of terminal acetylenes is 1. The van der Waals surface area contributed by atoms with Gasteiger partial charge in [-0.15, -0.1) is 12.3 Å². The van der Waals surface area contributed by atoms with E-state index in [1.165, 1.54) is 5.56 Å². The van der Waals surface area contributed by atoms with Gasteiger partial charge in [-0.2, -0.15) is 0 Å². The summed E-state index contributed by atoms with van der Waals surface area (Å²) in [6.07, 6.45) is 5.36. The average molecular weight is 158 g/mol. The molecule has 1 rings (SSSR count). The Labute approximate surface area is 74.6 Å². The molecule has 0 radical (unpaired) electrons. The molecule has 0 spiro atoms. The van der Waals surface area contributed by atoms with Crippen LogP contribution in [0.25, 0.3) is 0 Å². The first-order chi connectivity index (χ1) is 5.75. The number of hydrogen-bond acceptors (Lipinski definition) is 0.